The van der Waals surface area contributed by atoms with Crippen molar-refractivity contribution in [1.29, 1.82) is 0 Å². The molecule has 1 aromatic heterocycles. The van der Waals surface area contributed by atoms with Crippen LogP contribution >= 0.6 is 11.3 Å². The molecule has 1 aliphatic carbocycles. The molecule has 30 heavy (non-hydrogen) atoms. The van der Waals surface area contributed by atoms with Gasteiger partial charge in [0, 0.05) is 22.1 Å². The molecule has 6 heteroatoms. The van der Waals surface area contributed by atoms with E-state index in [1.54, 1.807) is 11.3 Å². The van der Waals surface area contributed by atoms with Crippen molar-refractivity contribution in [2.75, 3.05) is 6.61 Å². The van der Waals surface area contributed by atoms with Gasteiger partial charge in [-0.2, -0.15) is 0 Å². The average molecular weight is 422 g/mol. The van der Waals surface area contributed by atoms with Crippen molar-refractivity contribution in [1.82, 2.24) is 5.32 Å². The quantitative estimate of drug-likeness (QED) is 0.572. The average Bonchev–Trinajstić information content (AvgIpc) is 3.34. The van der Waals surface area contributed by atoms with E-state index < -0.39 is 18.1 Å². The summed E-state index contributed by atoms with van der Waals surface area (Å²) in [5, 5.41) is 12.0. The van der Waals surface area contributed by atoms with E-state index in [2.05, 4.69) is 24.4 Å². The number of hydrogen-bond donors (Lipinski definition) is 2. The summed E-state index contributed by atoms with van der Waals surface area (Å²) >= 11 is 1.57. The highest BCUT2D eigenvalue weighted by Crippen LogP contribution is 2.44. The summed E-state index contributed by atoms with van der Waals surface area (Å²) in [5.41, 5.74) is 4.53. The van der Waals surface area contributed by atoms with E-state index in [-0.39, 0.29) is 18.9 Å². The molecule has 1 aliphatic rings. The lowest BCUT2D eigenvalue weighted by molar-refractivity contribution is -0.139. The monoisotopic (exact) mass is 421 g/mol. The number of alkyl carbamates (subject to hydrolysis) is 1. The summed E-state index contributed by atoms with van der Waals surface area (Å²) in [7, 11) is 0. The fourth-order valence-corrected chi connectivity index (χ4v) is 4.91. The molecule has 0 saturated heterocycles. The van der Waals surface area contributed by atoms with Crippen LogP contribution in [0.5, 0.6) is 0 Å². The number of aryl methyl sites for hydroxylation is 1. The third kappa shape index (κ3) is 4.09. The Hall–Kier alpha value is -3.12. The van der Waals surface area contributed by atoms with Gasteiger partial charge >= 0.3 is 12.1 Å². The van der Waals surface area contributed by atoms with Crippen LogP contribution in [0.2, 0.25) is 0 Å². The summed E-state index contributed by atoms with van der Waals surface area (Å²) in [4.78, 5) is 26.2. The number of rotatable bonds is 7. The maximum atomic E-state index is 12.4. The number of carbonyl (C=O) groups excluding carboxylic acids is 1. The third-order valence-electron chi connectivity index (χ3n) is 5.40. The first-order valence-electron chi connectivity index (χ1n) is 9.98. The van der Waals surface area contributed by atoms with Crippen LogP contribution in [0, 0.1) is 0 Å². The standard InChI is InChI=1S/C24H23NO4S/c1-2-15-11-12-16(30-15)13-22(23(26)27)25-24(28)29-14-21-19-9-5-3-7-17(19)18-8-4-6-10-20(18)21/h3-12,21-22H,2,13-14H2,1H3,(H,25,28)(H,26,27). The van der Waals surface area contributed by atoms with Gasteiger partial charge in [-0.25, -0.2) is 9.59 Å². The molecule has 1 atom stereocenters. The minimum absolute atomic E-state index is 0.0594. The molecule has 0 bridgehead atoms. The molecule has 0 saturated carbocycles. The number of hydrogen-bond acceptors (Lipinski definition) is 4. The first-order valence-corrected chi connectivity index (χ1v) is 10.8. The van der Waals surface area contributed by atoms with Crippen LogP contribution in [0.3, 0.4) is 0 Å². The highest BCUT2D eigenvalue weighted by molar-refractivity contribution is 7.12. The smallest absolute Gasteiger partial charge is 0.407 e. The van der Waals surface area contributed by atoms with E-state index in [0.29, 0.717) is 0 Å². The van der Waals surface area contributed by atoms with E-state index in [9.17, 15) is 14.7 Å². The summed E-state index contributed by atoms with van der Waals surface area (Å²) in [5.74, 6) is -1.13. The van der Waals surface area contributed by atoms with E-state index >= 15 is 0 Å². The Morgan fingerprint density at radius 1 is 1.00 bits per heavy atom. The maximum absolute atomic E-state index is 12.4. The summed E-state index contributed by atoms with van der Waals surface area (Å²) in [6.07, 6.45) is 0.434. The minimum atomic E-state index is -1.07. The number of nitrogens with one attached hydrogen (secondary N) is 1. The van der Waals surface area contributed by atoms with Crippen LogP contribution in [0.25, 0.3) is 11.1 Å². The Morgan fingerprint density at radius 2 is 1.60 bits per heavy atom. The van der Waals surface area contributed by atoms with Crippen molar-refractivity contribution < 1.29 is 19.4 Å². The second kappa shape index (κ2) is 8.71. The van der Waals surface area contributed by atoms with Gasteiger partial charge < -0.3 is 15.2 Å². The Labute approximate surface area is 179 Å². The number of fused-ring (bicyclic) bond motifs is 3. The van der Waals surface area contributed by atoms with Crippen molar-refractivity contribution in [3.05, 3.63) is 81.5 Å². The Bertz CT molecular complexity index is 1030. The summed E-state index contributed by atoms with van der Waals surface area (Å²) in [6.45, 7) is 2.21. The van der Waals surface area contributed by atoms with Crippen LogP contribution < -0.4 is 5.32 Å². The van der Waals surface area contributed by atoms with E-state index in [1.165, 1.54) is 4.88 Å². The highest BCUT2D eigenvalue weighted by atomic mass is 32.1. The molecule has 154 valence electrons. The molecular formula is C24H23NO4S. The maximum Gasteiger partial charge on any atom is 0.407 e. The fraction of sp³-hybridized carbons (Fsp3) is 0.250. The van der Waals surface area contributed by atoms with Gasteiger partial charge in [-0.15, -0.1) is 11.3 Å². The fourth-order valence-electron chi connectivity index (χ4n) is 3.91. The van der Waals surface area contributed by atoms with E-state index in [1.807, 2.05) is 48.5 Å². The second-order valence-electron chi connectivity index (χ2n) is 7.29. The number of thiophene rings is 1. The van der Waals surface area contributed by atoms with Gasteiger partial charge in [0.15, 0.2) is 0 Å². The zero-order chi connectivity index (χ0) is 21.1. The molecule has 4 rings (SSSR count). The van der Waals surface area contributed by atoms with Gasteiger partial charge in [0.25, 0.3) is 0 Å². The van der Waals surface area contributed by atoms with Crippen LogP contribution in [0.1, 0.15) is 33.7 Å². The van der Waals surface area contributed by atoms with Crippen LogP contribution in [0.4, 0.5) is 4.79 Å². The van der Waals surface area contributed by atoms with Gasteiger partial charge in [0.1, 0.15) is 12.6 Å². The Kier molecular flexibility index (Phi) is 5.86. The molecule has 0 fully saturated rings. The predicted octanol–water partition coefficient (Wildman–Crippen LogP) is 4.84. The number of ether oxygens (including phenoxy) is 1. The molecular weight excluding hydrogens is 398 g/mol. The lowest BCUT2D eigenvalue weighted by atomic mass is 9.98. The zero-order valence-electron chi connectivity index (χ0n) is 16.6. The lowest BCUT2D eigenvalue weighted by Gasteiger charge is -2.17. The summed E-state index contributed by atoms with van der Waals surface area (Å²) in [6, 6.07) is 19.1. The number of amides is 1. The predicted molar refractivity (Wildman–Crippen MR) is 117 cm³/mol. The lowest BCUT2D eigenvalue weighted by Crippen LogP contribution is -2.42. The zero-order valence-corrected chi connectivity index (χ0v) is 17.4. The normalized spacial score (nSPS) is 13.4. The van der Waals surface area contributed by atoms with E-state index in [4.69, 9.17) is 4.74 Å². The SMILES string of the molecule is CCc1ccc(CC(NC(=O)OCC2c3ccccc3-c3ccccc32)C(=O)O)s1. The first-order chi connectivity index (χ1) is 14.6. The molecule has 1 heterocycles. The highest BCUT2D eigenvalue weighted by Gasteiger charge is 2.29. The number of carboxylic acid groups (broad SMARTS) is 1. The number of carbonyl (C=O) groups is 2. The third-order valence-corrected chi connectivity index (χ3v) is 6.66. The van der Waals surface area contributed by atoms with E-state index in [0.717, 1.165) is 33.6 Å². The molecule has 2 aromatic carbocycles. The number of aliphatic carboxylic acids is 1. The molecule has 0 aliphatic heterocycles. The first kappa shape index (κ1) is 20.2. The Morgan fingerprint density at radius 3 is 2.17 bits per heavy atom. The van der Waals surface area contributed by atoms with Crippen LogP contribution in [-0.4, -0.2) is 29.8 Å². The largest absolute Gasteiger partial charge is 0.480 e. The Balaban J connectivity index is 1.42. The molecule has 1 amide bonds. The molecule has 5 nitrogen and oxygen atoms in total. The molecule has 0 spiro atoms. The van der Waals surface area contributed by atoms with Gasteiger partial charge in [-0.05, 0) is 40.8 Å². The van der Waals surface area contributed by atoms with Gasteiger partial charge in [-0.3, -0.25) is 0 Å². The minimum Gasteiger partial charge on any atom is -0.480 e. The van der Waals surface area contributed by atoms with Gasteiger partial charge in [0.2, 0.25) is 0 Å². The van der Waals surface area contributed by atoms with Crippen molar-refractivity contribution >= 4 is 23.4 Å². The van der Waals surface area contributed by atoms with Crippen molar-refractivity contribution in [2.24, 2.45) is 0 Å². The van der Waals surface area contributed by atoms with Crippen molar-refractivity contribution in [3.8, 4) is 11.1 Å². The van der Waals surface area contributed by atoms with Gasteiger partial charge in [0.05, 0.1) is 0 Å². The van der Waals surface area contributed by atoms with Crippen LogP contribution in [0.15, 0.2) is 60.7 Å². The van der Waals surface area contributed by atoms with Crippen LogP contribution in [-0.2, 0) is 22.4 Å². The molecule has 3 aromatic rings. The molecule has 0 radical (unpaired) electrons. The number of benzene rings is 2. The topological polar surface area (TPSA) is 75.6 Å². The molecule has 2 N–H and O–H groups in total. The van der Waals surface area contributed by atoms with Crippen molar-refractivity contribution in [2.45, 2.75) is 31.7 Å². The number of carboxylic acids is 1. The molecule has 1 unspecified atom stereocenters. The second-order valence-corrected chi connectivity index (χ2v) is 8.54. The van der Waals surface area contributed by atoms with Crippen molar-refractivity contribution in [3.63, 3.8) is 0 Å². The van der Waals surface area contributed by atoms with Gasteiger partial charge in [-0.1, -0.05) is 55.5 Å². The summed E-state index contributed by atoms with van der Waals surface area (Å²) < 4.78 is 5.47.